The normalized spacial score (nSPS) is 11.4. The maximum atomic E-state index is 12.1. The van der Waals surface area contributed by atoms with Gasteiger partial charge in [-0.3, -0.25) is 25.2 Å². The minimum Gasteiger partial charge on any atom is -0.481 e. The van der Waals surface area contributed by atoms with E-state index in [0.29, 0.717) is 11.3 Å². The molecule has 0 saturated heterocycles. The number of benzene rings is 1. The Balaban J connectivity index is 1.70. The fraction of sp³-hybridized carbons (Fsp3) is 0.316. The van der Waals surface area contributed by atoms with Crippen LogP contribution in [0.2, 0.25) is 0 Å². The SMILES string of the molecule is Cc1cccc(OC(C)C(=O)NNC(=O)CCNC(=O)c2ccoc2)c1C. The van der Waals surface area contributed by atoms with Crippen molar-refractivity contribution >= 4 is 17.7 Å². The Kier molecular flexibility index (Phi) is 6.99. The van der Waals surface area contributed by atoms with Crippen LogP contribution in [0.3, 0.4) is 0 Å². The Labute approximate surface area is 157 Å². The van der Waals surface area contributed by atoms with Gasteiger partial charge in [0, 0.05) is 13.0 Å². The van der Waals surface area contributed by atoms with Gasteiger partial charge in [-0.1, -0.05) is 12.1 Å². The summed E-state index contributed by atoms with van der Waals surface area (Å²) in [7, 11) is 0. The van der Waals surface area contributed by atoms with Gasteiger partial charge in [-0.25, -0.2) is 0 Å². The standard InChI is InChI=1S/C19H23N3O5/c1-12-5-4-6-16(13(12)2)27-14(3)18(24)22-21-17(23)7-9-20-19(25)15-8-10-26-11-15/h4-6,8,10-11,14H,7,9H2,1-3H3,(H,20,25)(H,21,23)(H,22,24). The summed E-state index contributed by atoms with van der Waals surface area (Å²) in [5, 5.41) is 2.57. The van der Waals surface area contributed by atoms with E-state index in [-0.39, 0.29) is 18.9 Å². The number of amides is 3. The number of aryl methyl sites for hydroxylation is 1. The highest BCUT2D eigenvalue weighted by Gasteiger charge is 2.16. The second-order valence-corrected chi connectivity index (χ2v) is 6.01. The third kappa shape index (κ3) is 5.88. The van der Waals surface area contributed by atoms with Gasteiger partial charge in [0.1, 0.15) is 12.0 Å². The molecule has 2 rings (SSSR count). The van der Waals surface area contributed by atoms with Crippen molar-refractivity contribution in [1.29, 1.82) is 0 Å². The Morgan fingerprint density at radius 2 is 1.93 bits per heavy atom. The number of ether oxygens (including phenoxy) is 1. The van der Waals surface area contributed by atoms with Crippen molar-refractivity contribution in [1.82, 2.24) is 16.2 Å². The molecular formula is C19H23N3O5. The van der Waals surface area contributed by atoms with Crippen molar-refractivity contribution in [2.45, 2.75) is 33.3 Å². The minimum atomic E-state index is -0.786. The van der Waals surface area contributed by atoms with Crippen molar-refractivity contribution < 1.29 is 23.5 Å². The summed E-state index contributed by atoms with van der Waals surface area (Å²) in [5.74, 6) is -0.636. The zero-order valence-corrected chi connectivity index (χ0v) is 15.5. The zero-order chi connectivity index (χ0) is 19.8. The predicted molar refractivity (Wildman–Crippen MR) is 97.9 cm³/mol. The fourth-order valence-electron chi connectivity index (χ4n) is 2.18. The summed E-state index contributed by atoms with van der Waals surface area (Å²) in [5.41, 5.74) is 7.00. The molecule has 1 aromatic heterocycles. The van der Waals surface area contributed by atoms with E-state index in [1.165, 1.54) is 18.6 Å². The van der Waals surface area contributed by atoms with Crippen molar-refractivity contribution in [2.75, 3.05) is 6.54 Å². The van der Waals surface area contributed by atoms with Gasteiger partial charge in [-0.15, -0.1) is 0 Å². The van der Waals surface area contributed by atoms with Gasteiger partial charge in [0.05, 0.1) is 11.8 Å². The van der Waals surface area contributed by atoms with Crippen molar-refractivity contribution in [3.05, 3.63) is 53.5 Å². The first-order valence-corrected chi connectivity index (χ1v) is 8.50. The first kappa shape index (κ1) is 20.0. The molecule has 8 nitrogen and oxygen atoms in total. The molecule has 0 saturated carbocycles. The number of hydrogen-bond donors (Lipinski definition) is 3. The number of hydrazine groups is 1. The molecule has 1 heterocycles. The predicted octanol–water partition coefficient (Wildman–Crippen LogP) is 1.63. The highest BCUT2D eigenvalue weighted by atomic mass is 16.5. The van der Waals surface area contributed by atoms with E-state index in [1.54, 1.807) is 13.0 Å². The van der Waals surface area contributed by atoms with E-state index in [9.17, 15) is 14.4 Å². The lowest BCUT2D eigenvalue weighted by Gasteiger charge is -2.17. The van der Waals surface area contributed by atoms with Crippen LogP contribution in [-0.4, -0.2) is 30.4 Å². The van der Waals surface area contributed by atoms with Gasteiger partial charge in [0.25, 0.3) is 11.8 Å². The van der Waals surface area contributed by atoms with Crippen molar-refractivity contribution in [3.63, 3.8) is 0 Å². The summed E-state index contributed by atoms with van der Waals surface area (Å²) in [4.78, 5) is 35.5. The topological polar surface area (TPSA) is 110 Å². The Morgan fingerprint density at radius 3 is 2.63 bits per heavy atom. The molecule has 1 atom stereocenters. The van der Waals surface area contributed by atoms with Crippen LogP contribution in [0.4, 0.5) is 0 Å². The largest absolute Gasteiger partial charge is 0.481 e. The van der Waals surface area contributed by atoms with Crippen LogP contribution in [-0.2, 0) is 9.59 Å². The number of nitrogens with one attached hydrogen (secondary N) is 3. The molecule has 0 radical (unpaired) electrons. The molecular weight excluding hydrogens is 350 g/mol. The molecule has 1 aromatic carbocycles. The molecule has 144 valence electrons. The summed E-state index contributed by atoms with van der Waals surface area (Å²) in [6, 6.07) is 7.11. The molecule has 0 aliphatic carbocycles. The number of hydrogen-bond acceptors (Lipinski definition) is 5. The molecule has 3 amide bonds. The Bertz CT molecular complexity index is 802. The zero-order valence-electron chi connectivity index (χ0n) is 15.5. The van der Waals surface area contributed by atoms with Crippen LogP contribution < -0.4 is 20.9 Å². The second-order valence-electron chi connectivity index (χ2n) is 6.01. The molecule has 2 aromatic rings. The molecule has 0 fully saturated rings. The quantitative estimate of drug-likeness (QED) is 0.639. The number of furan rings is 1. The van der Waals surface area contributed by atoms with Gasteiger partial charge in [0.15, 0.2) is 6.10 Å². The second kappa shape index (κ2) is 9.42. The van der Waals surface area contributed by atoms with E-state index in [4.69, 9.17) is 9.15 Å². The lowest BCUT2D eigenvalue weighted by atomic mass is 10.1. The summed E-state index contributed by atoms with van der Waals surface area (Å²) < 4.78 is 10.5. The first-order valence-electron chi connectivity index (χ1n) is 8.50. The maximum Gasteiger partial charge on any atom is 0.279 e. The lowest BCUT2D eigenvalue weighted by molar-refractivity contribution is -0.132. The van der Waals surface area contributed by atoms with E-state index in [0.717, 1.165) is 11.1 Å². The van der Waals surface area contributed by atoms with Gasteiger partial charge in [0.2, 0.25) is 5.91 Å². The third-order valence-corrected chi connectivity index (χ3v) is 3.97. The monoisotopic (exact) mass is 373 g/mol. The number of carbonyl (C=O) groups is 3. The van der Waals surface area contributed by atoms with Crippen LogP contribution in [0.15, 0.2) is 41.2 Å². The van der Waals surface area contributed by atoms with E-state index in [1.807, 2.05) is 26.0 Å². The minimum absolute atomic E-state index is 0.0100. The molecule has 1 unspecified atom stereocenters. The summed E-state index contributed by atoms with van der Waals surface area (Å²) >= 11 is 0. The maximum absolute atomic E-state index is 12.1. The molecule has 3 N–H and O–H groups in total. The Hall–Kier alpha value is -3.29. The molecule has 0 spiro atoms. The molecule has 27 heavy (non-hydrogen) atoms. The van der Waals surface area contributed by atoms with Crippen molar-refractivity contribution in [3.8, 4) is 5.75 Å². The average molecular weight is 373 g/mol. The lowest BCUT2D eigenvalue weighted by Crippen LogP contribution is -2.47. The summed E-state index contributed by atoms with van der Waals surface area (Å²) in [6.07, 6.45) is 1.92. The van der Waals surface area contributed by atoms with E-state index in [2.05, 4.69) is 16.2 Å². The van der Waals surface area contributed by atoms with E-state index >= 15 is 0 Å². The number of rotatable bonds is 7. The number of carbonyl (C=O) groups excluding carboxylic acids is 3. The van der Waals surface area contributed by atoms with Gasteiger partial charge in [-0.05, 0) is 44.0 Å². The molecule has 0 bridgehead atoms. The smallest absolute Gasteiger partial charge is 0.279 e. The first-order chi connectivity index (χ1) is 12.9. The van der Waals surface area contributed by atoms with Crippen LogP contribution in [0, 0.1) is 13.8 Å². The van der Waals surface area contributed by atoms with Crippen LogP contribution in [0.5, 0.6) is 5.75 Å². The highest BCUT2D eigenvalue weighted by molar-refractivity contribution is 5.94. The summed E-state index contributed by atoms with van der Waals surface area (Å²) in [6.45, 7) is 5.59. The van der Waals surface area contributed by atoms with Crippen LogP contribution >= 0.6 is 0 Å². The van der Waals surface area contributed by atoms with Crippen LogP contribution in [0.1, 0.15) is 34.8 Å². The average Bonchev–Trinajstić information content (AvgIpc) is 3.18. The molecule has 0 aliphatic rings. The van der Waals surface area contributed by atoms with Gasteiger partial charge >= 0.3 is 0 Å². The third-order valence-electron chi connectivity index (χ3n) is 3.97. The highest BCUT2D eigenvalue weighted by Crippen LogP contribution is 2.21. The fourth-order valence-corrected chi connectivity index (χ4v) is 2.18. The van der Waals surface area contributed by atoms with Crippen molar-refractivity contribution in [2.24, 2.45) is 0 Å². The Morgan fingerprint density at radius 1 is 1.15 bits per heavy atom. The van der Waals surface area contributed by atoms with Gasteiger partial charge < -0.3 is 14.5 Å². The molecule has 0 aliphatic heterocycles. The van der Waals surface area contributed by atoms with Gasteiger partial charge in [-0.2, -0.15) is 0 Å². The van der Waals surface area contributed by atoms with Crippen LogP contribution in [0.25, 0.3) is 0 Å². The van der Waals surface area contributed by atoms with E-state index < -0.39 is 17.9 Å². The molecule has 8 heteroatoms.